The molecule has 0 amide bonds. The van der Waals surface area contributed by atoms with E-state index in [2.05, 4.69) is 4.98 Å². The van der Waals surface area contributed by atoms with Crippen LogP contribution in [0.4, 0.5) is 0 Å². The molecule has 0 fully saturated rings. The topological polar surface area (TPSA) is 54.9 Å². The number of fused-ring (bicyclic) bond motifs is 1. The SMILES string of the molecule is Cc1sc2[nH]c(=S)n(CCS(C)=O)c(=O)c2c1C. The van der Waals surface area contributed by atoms with Gasteiger partial charge in [-0.1, -0.05) is 0 Å². The summed E-state index contributed by atoms with van der Waals surface area (Å²) in [5.74, 6) is 0.436. The van der Waals surface area contributed by atoms with Crippen molar-refractivity contribution in [3.63, 3.8) is 0 Å². The highest BCUT2D eigenvalue weighted by Gasteiger charge is 2.12. The molecule has 2 aromatic rings. The molecule has 2 heterocycles. The van der Waals surface area contributed by atoms with E-state index in [0.717, 1.165) is 15.3 Å². The minimum Gasteiger partial charge on any atom is -0.323 e. The van der Waals surface area contributed by atoms with E-state index in [9.17, 15) is 9.00 Å². The summed E-state index contributed by atoms with van der Waals surface area (Å²) < 4.78 is 13.0. The number of nitrogens with one attached hydrogen (secondary N) is 1. The molecular formula is C11H14N2O2S3. The number of thiophene rings is 1. The van der Waals surface area contributed by atoms with Crippen LogP contribution in [0.3, 0.4) is 0 Å². The van der Waals surface area contributed by atoms with Crippen LogP contribution in [0.15, 0.2) is 4.79 Å². The monoisotopic (exact) mass is 302 g/mol. The van der Waals surface area contributed by atoms with E-state index in [-0.39, 0.29) is 5.56 Å². The molecule has 0 bridgehead atoms. The number of aryl methyl sites for hydroxylation is 2. The summed E-state index contributed by atoms with van der Waals surface area (Å²) in [5.41, 5.74) is 0.915. The molecule has 1 atom stereocenters. The molecule has 0 aliphatic heterocycles. The second kappa shape index (κ2) is 5.07. The van der Waals surface area contributed by atoms with Crippen molar-refractivity contribution in [1.29, 1.82) is 0 Å². The van der Waals surface area contributed by atoms with Crippen molar-refractivity contribution in [2.75, 3.05) is 12.0 Å². The van der Waals surface area contributed by atoms with Crippen molar-refractivity contribution in [3.05, 3.63) is 25.6 Å². The lowest BCUT2D eigenvalue weighted by Crippen LogP contribution is -2.24. The van der Waals surface area contributed by atoms with Crippen molar-refractivity contribution in [2.45, 2.75) is 20.4 Å². The van der Waals surface area contributed by atoms with Crippen LogP contribution < -0.4 is 5.56 Å². The average Bonchev–Trinajstić information content (AvgIpc) is 2.53. The Hall–Kier alpha value is -0.790. The Balaban J connectivity index is 2.68. The first-order chi connectivity index (χ1) is 8.41. The highest BCUT2D eigenvalue weighted by molar-refractivity contribution is 7.84. The summed E-state index contributed by atoms with van der Waals surface area (Å²) in [7, 11) is -0.934. The van der Waals surface area contributed by atoms with E-state index in [1.165, 1.54) is 4.57 Å². The number of hydrogen-bond donors (Lipinski definition) is 1. The number of hydrogen-bond acceptors (Lipinski definition) is 4. The zero-order chi connectivity index (χ0) is 13.4. The van der Waals surface area contributed by atoms with Crippen LogP contribution in [-0.2, 0) is 17.3 Å². The molecular weight excluding hydrogens is 288 g/mol. The standard InChI is InChI=1S/C11H14N2O2S3/c1-6-7(2)17-9-8(6)10(14)13(11(16)12-9)4-5-18(3)15/h4-5H2,1-3H3,(H,12,16). The fraction of sp³-hybridized carbons (Fsp3) is 0.455. The molecule has 98 valence electrons. The average molecular weight is 302 g/mol. The minimum absolute atomic E-state index is 0.0824. The van der Waals surface area contributed by atoms with Gasteiger partial charge in [0.05, 0.1) is 5.39 Å². The normalized spacial score (nSPS) is 13.1. The van der Waals surface area contributed by atoms with E-state index in [1.54, 1.807) is 17.6 Å². The molecule has 1 N–H and O–H groups in total. The van der Waals surface area contributed by atoms with Gasteiger partial charge in [-0.25, -0.2) is 0 Å². The lowest BCUT2D eigenvalue weighted by molar-refractivity contribution is 0.668. The van der Waals surface area contributed by atoms with Crippen molar-refractivity contribution in [3.8, 4) is 0 Å². The predicted molar refractivity (Wildman–Crippen MR) is 79.7 cm³/mol. The zero-order valence-electron chi connectivity index (χ0n) is 10.4. The summed E-state index contributed by atoms with van der Waals surface area (Å²) in [5, 5.41) is 0.702. The Morgan fingerprint density at radius 2 is 2.11 bits per heavy atom. The molecule has 0 saturated carbocycles. The third-order valence-electron chi connectivity index (χ3n) is 2.91. The van der Waals surface area contributed by atoms with Gasteiger partial charge in [-0.05, 0) is 31.6 Å². The second-order valence-corrected chi connectivity index (χ2v) is 7.32. The van der Waals surface area contributed by atoms with Gasteiger partial charge in [0.1, 0.15) is 4.83 Å². The Kier molecular flexibility index (Phi) is 3.84. The van der Waals surface area contributed by atoms with Gasteiger partial charge < -0.3 is 4.98 Å². The number of aromatic amines is 1. The van der Waals surface area contributed by atoms with Crippen molar-refractivity contribution in [2.24, 2.45) is 0 Å². The first-order valence-electron chi connectivity index (χ1n) is 5.44. The quantitative estimate of drug-likeness (QED) is 0.884. The highest BCUT2D eigenvalue weighted by atomic mass is 32.2. The number of aromatic nitrogens is 2. The van der Waals surface area contributed by atoms with Gasteiger partial charge >= 0.3 is 0 Å². The summed E-state index contributed by atoms with van der Waals surface area (Å²) in [4.78, 5) is 17.4. The molecule has 2 aromatic heterocycles. The van der Waals surface area contributed by atoms with Gasteiger partial charge in [0, 0.05) is 34.2 Å². The molecule has 0 saturated heterocycles. The van der Waals surface area contributed by atoms with Crippen LogP contribution in [0, 0.1) is 18.6 Å². The van der Waals surface area contributed by atoms with Crippen LogP contribution in [0.1, 0.15) is 10.4 Å². The first kappa shape index (κ1) is 13.6. The van der Waals surface area contributed by atoms with E-state index in [4.69, 9.17) is 12.2 Å². The Morgan fingerprint density at radius 1 is 1.44 bits per heavy atom. The third kappa shape index (κ3) is 2.34. The molecule has 0 aliphatic carbocycles. The smallest absolute Gasteiger partial charge is 0.263 e. The van der Waals surface area contributed by atoms with Crippen LogP contribution in [0.2, 0.25) is 0 Å². The lowest BCUT2D eigenvalue weighted by Gasteiger charge is -2.05. The second-order valence-electron chi connectivity index (χ2n) is 4.15. The van der Waals surface area contributed by atoms with E-state index in [1.807, 2.05) is 13.8 Å². The lowest BCUT2D eigenvalue weighted by atomic mass is 10.2. The van der Waals surface area contributed by atoms with E-state index < -0.39 is 10.8 Å². The molecule has 4 nitrogen and oxygen atoms in total. The van der Waals surface area contributed by atoms with Crippen molar-refractivity contribution >= 4 is 44.6 Å². The Labute approximate surface area is 116 Å². The van der Waals surface area contributed by atoms with E-state index in [0.29, 0.717) is 22.5 Å². The van der Waals surface area contributed by atoms with Crippen LogP contribution >= 0.6 is 23.6 Å². The van der Waals surface area contributed by atoms with Crippen molar-refractivity contribution < 1.29 is 4.21 Å². The van der Waals surface area contributed by atoms with Gasteiger partial charge in [-0.2, -0.15) is 0 Å². The molecule has 7 heteroatoms. The van der Waals surface area contributed by atoms with Crippen LogP contribution in [0.5, 0.6) is 0 Å². The maximum Gasteiger partial charge on any atom is 0.263 e. The van der Waals surface area contributed by atoms with Gasteiger partial charge in [-0.3, -0.25) is 13.6 Å². The molecule has 1 unspecified atom stereocenters. The Bertz CT molecular complexity index is 739. The molecule has 0 spiro atoms. The fourth-order valence-corrected chi connectivity index (χ4v) is 3.62. The third-order valence-corrected chi connectivity index (χ3v) is 5.11. The summed E-state index contributed by atoms with van der Waals surface area (Å²) >= 11 is 6.73. The molecule has 0 aliphatic rings. The fourth-order valence-electron chi connectivity index (χ4n) is 1.79. The molecule has 2 rings (SSSR count). The number of rotatable bonds is 3. The summed E-state index contributed by atoms with van der Waals surface area (Å²) in [6.45, 7) is 4.32. The van der Waals surface area contributed by atoms with Gasteiger partial charge in [0.15, 0.2) is 4.77 Å². The summed E-state index contributed by atoms with van der Waals surface area (Å²) in [6.07, 6.45) is 1.62. The highest BCUT2D eigenvalue weighted by Crippen LogP contribution is 2.25. The molecule has 0 aromatic carbocycles. The van der Waals surface area contributed by atoms with Gasteiger partial charge in [-0.15, -0.1) is 11.3 Å². The predicted octanol–water partition coefficient (Wildman–Crippen LogP) is 2.12. The molecule has 18 heavy (non-hydrogen) atoms. The first-order valence-corrected chi connectivity index (χ1v) is 8.40. The van der Waals surface area contributed by atoms with Gasteiger partial charge in [0.2, 0.25) is 0 Å². The maximum absolute atomic E-state index is 12.4. The minimum atomic E-state index is -0.934. The number of H-pyrrole nitrogens is 1. The zero-order valence-corrected chi connectivity index (χ0v) is 12.9. The number of nitrogens with zero attached hydrogens (tertiary/aromatic N) is 1. The van der Waals surface area contributed by atoms with Crippen molar-refractivity contribution in [1.82, 2.24) is 9.55 Å². The molecule has 0 radical (unpaired) electrons. The van der Waals surface area contributed by atoms with Gasteiger partial charge in [0.25, 0.3) is 5.56 Å². The van der Waals surface area contributed by atoms with Crippen LogP contribution in [0.25, 0.3) is 10.2 Å². The van der Waals surface area contributed by atoms with Crippen LogP contribution in [-0.4, -0.2) is 25.8 Å². The Morgan fingerprint density at radius 3 is 2.72 bits per heavy atom. The largest absolute Gasteiger partial charge is 0.323 e. The summed E-state index contributed by atoms with van der Waals surface area (Å²) in [6, 6.07) is 0. The van der Waals surface area contributed by atoms with E-state index >= 15 is 0 Å². The maximum atomic E-state index is 12.4.